The summed E-state index contributed by atoms with van der Waals surface area (Å²) in [5.41, 5.74) is 11.8. The van der Waals surface area contributed by atoms with Crippen LogP contribution in [-0.2, 0) is 6.61 Å². The molecule has 3 aromatic rings. The maximum absolute atomic E-state index is 13.8. The number of hydrogen-bond donors (Lipinski definition) is 2. The Labute approximate surface area is 158 Å². The second-order valence-electron chi connectivity index (χ2n) is 5.47. The molecule has 0 saturated carbocycles. The Bertz CT molecular complexity index is 1070. The van der Waals surface area contributed by atoms with Gasteiger partial charge >= 0.3 is 0 Å². The third-order valence-electron chi connectivity index (χ3n) is 3.65. The second-order valence-corrected chi connectivity index (χ2v) is 5.90. The van der Waals surface area contributed by atoms with Crippen molar-refractivity contribution in [3.63, 3.8) is 0 Å². The summed E-state index contributed by atoms with van der Waals surface area (Å²) in [6, 6.07) is 9.53. The monoisotopic (exact) mass is 387 g/mol. The summed E-state index contributed by atoms with van der Waals surface area (Å²) in [5, 5.41) is 9.71. The van der Waals surface area contributed by atoms with Crippen LogP contribution < -0.4 is 16.2 Å². The first-order chi connectivity index (χ1) is 12.9. The van der Waals surface area contributed by atoms with Gasteiger partial charge in [-0.2, -0.15) is 10.2 Å². The predicted molar refractivity (Wildman–Crippen MR) is 96.7 cm³/mol. The zero-order valence-electron chi connectivity index (χ0n) is 13.7. The number of ether oxygens (including phenoxy) is 1. The molecule has 1 heterocycles. The van der Waals surface area contributed by atoms with Gasteiger partial charge in [0.05, 0.1) is 5.69 Å². The van der Waals surface area contributed by atoms with Crippen LogP contribution in [0.15, 0.2) is 36.4 Å². The van der Waals surface area contributed by atoms with Crippen molar-refractivity contribution in [2.45, 2.75) is 6.61 Å². The van der Waals surface area contributed by atoms with Gasteiger partial charge in [-0.3, -0.25) is 0 Å². The summed E-state index contributed by atoms with van der Waals surface area (Å²) in [4.78, 5) is 7.81. The van der Waals surface area contributed by atoms with E-state index in [1.54, 1.807) is 6.07 Å². The Morgan fingerprint density at radius 3 is 2.63 bits per heavy atom. The zero-order valence-corrected chi connectivity index (χ0v) is 14.5. The molecule has 0 unspecified atom stereocenters. The van der Waals surface area contributed by atoms with Crippen LogP contribution >= 0.6 is 11.6 Å². The number of nitrogens with zero attached hydrogens (tertiary/aromatic N) is 3. The molecule has 9 heteroatoms. The van der Waals surface area contributed by atoms with Gasteiger partial charge < -0.3 is 16.2 Å². The number of nitrogens with two attached hydrogens (primary N) is 2. The third kappa shape index (κ3) is 3.88. The molecule has 0 saturated heterocycles. The number of benzene rings is 2. The van der Waals surface area contributed by atoms with Crippen molar-refractivity contribution in [1.29, 1.82) is 5.26 Å². The molecule has 0 aliphatic heterocycles. The van der Waals surface area contributed by atoms with Crippen LogP contribution in [0.3, 0.4) is 0 Å². The Balaban J connectivity index is 2.05. The lowest BCUT2D eigenvalue weighted by Crippen LogP contribution is -2.06. The van der Waals surface area contributed by atoms with Gasteiger partial charge in [-0.1, -0.05) is 11.6 Å². The van der Waals surface area contributed by atoms with E-state index in [0.717, 1.165) is 18.2 Å². The van der Waals surface area contributed by atoms with Gasteiger partial charge in [-0.25, -0.2) is 13.8 Å². The largest absolute Gasteiger partial charge is 0.488 e. The minimum absolute atomic E-state index is 0.00625. The standard InChI is InChI=1S/C18H12ClF2N5O/c19-10-1-4-15(27-8-9-5-11(20)2-3-14(9)21)12(6-10)16-13(7-22)17(23)26-18(24)25-16/h1-6H,8H2,(H4,23,24,25,26). The Kier molecular flexibility index (Phi) is 5.05. The maximum atomic E-state index is 13.8. The van der Waals surface area contributed by atoms with E-state index in [2.05, 4.69) is 9.97 Å². The molecular formula is C18H12ClF2N5O. The first-order valence-electron chi connectivity index (χ1n) is 7.58. The van der Waals surface area contributed by atoms with E-state index in [9.17, 15) is 14.0 Å². The summed E-state index contributed by atoms with van der Waals surface area (Å²) in [6.07, 6.45) is 0. The van der Waals surface area contributed by atoms with E-state index in [-0.39, 0.29) is 40.9 Å². The van der Waals surface area contributed by atoms with Crippen LogP contribution in [0, 0.1) is 23.0 Å². The van der Waals surface area contributed by atoms with E-state index in [0.29, 0.717) is 10.6 Å². The molecule has 0 fully saturated rings. The minimum atomic E-state index is -0.611. The Hall–Kier alpha value is -3.44. The van der Waals surface area contributed by atoms with E-state index >= 15 is 0 Å². The van der Waals surface area contributed by atoms with Crippen molar-refractivity contribution in [3.8, 4) is 23.1 Å². The first kappa shape index (κ1) is 18.4. The molecule has 27 heavy (non-hydrogen) atoms. The molecule has 3 rings (SSSR count). The van der Waals surface area contributed by atoms with Crippen LogP contribution in [0.2, 0.25) is 5.02 Å². The highest BCUT2D eigenvalue weighted by molar-refractivity contribution is 6.31. The van der Waals surface area contributed by atoms with Gasteiger partial charge in [0, 0.05) is 16.1 Å². The van der Waals surface area contributed by atoms with Gasteiger partial charge in [0.1, 0.15) is 41.4 Å². The number of nitrogen functional groups attached to an aromatic ring is 2. The van der Waals surface area contributed by atoms with Crippen LogP contribution in [0.4, 0.5) is 20.5 Å². The average molecular weight is 388 g/mol. The molecule has 6 nitrogen and oxygen atoms in total. The average Bonchev–Trinajstić information content (AvgIpc) is 2.62. The van der Waals surface area contributed by atoms with E-state index in [1.807, 2.05) is 6.07 Å². The minimum Gasteiger partial charge on any atom is -0.488 e. The predicted octanol–water partition coefficient (Wildman–Crippen LogP) is 3.69. The zero-order chi connectivity index (χ0) is 19.6. The van der Waals surface area contributed by atoms with Gasteiger partial charge in [-0.15, -0.1) is 0 Å². The van der Waals surface area contributed by atoms with Crippen molar-refractivity contribution in [2.24, 2.45) is 0 Å². The summed E-state index contributed by atoms with van der Waals surface area (Å²) in [5.74, 6) is -1.20. The van der Waals surface area contributed by atoms with Crippen molar-refractivity contribution in [2.75, 3.05) is 11.5 Å². The van der Waals surface area contributed by atoms with Crippen LogP contribution in [0.1, 0.15) is 11.1 Å². The summed E-state index contributed by atoms with van der Waals surface area (Å²) in [7, 11) is 0. The fraction of sp³-hybridized carbons (Fsp3) is 0.0556. The summed E-state index contributed by atoms with van der Waals surface area (Å²) >= 11 is 6.05. The molecule has 0 bridgehead atoms. The van der Waals surface area contributed by atoms with Crippen molar-refractivity contribution < 1.29 is 13.5 Å². The molecule has 0 radical (unpaired) electrons. The third-order valence-corrected chi connectivity index (χ3v) is 3.89. The quantitative estimate of drug-likeness (QED) is 0.706. The smallest absolute Gasteiger partial charge is 0.222 e. The van der Waals surface area contributed by atoms with E-state index in [1.165, 1.54) is 12.1 Å². The van der Waals surface area contributed by atoms with Gasteiger partial charge in [0.2, 0.25) is 5.95 Å². The normalized spacial score (nSPS) is 10.4. The van der Waals surface area contributed by atoms with Crippen LogP contribution in [-0.4, -0.2) is 9.97 Å². The van der Waals surface area contributed by atoms with Gasteiger partial charge in [-0.05, 0) is 36.4 Å². The van der Waals surface area contributed by atoms with Crippen LogP contribution in [0.25, 0.3) is 11.3 Å². The number of halogens is 3. The molecular weight excluding hydrogens is 376 g/mol. The molecule has 0 spiro atoms. The second kappa shape index (κ2) is 7.43. The molecule has 0 atom stereocenters. The lowest BCUT2D eigenvalue weighted by atomic mass is 10.1. The molecule has 2 aromatic carbocycles. The summed E-state index contributed by atoms with van der Waals surface area (Å²) < 4.78 is 32.8. The SMILES string of the molecule is N#Cc1c(N)nc(N)nc1-c1cc(Cl)ccc1OCc1cc(F)ccc1F. The van der Waals surface area contributed by atoms with Gasteiger partial charge in [0.15, 0.2) is 0 Å². The number of aromatic nitrogens is 2. The molecule has 0 aliphatic carbocycles. The highest BCUT2D eigenvalue weighted by Gasteiger charge is 2.18. The van der Waals surface area contributed by atoms with E-state index < -0.39 is 11.6 Å². The maximum Gasteiger partial charge on any atom is 0.222 e. The molecule has 0 aliphatic rings. The molecule has 136 valence electrons. The van der Waals surface area contributed by atoms with Crippen LogP contribution in [0.5, 0.6) is 5.75 Å². The lowest BCUT2D eigenvalue weighted by molar-refractivity contribution is 0.300. The number of nitriles is 1. The van der Waals surface area contributed by atoms with Crippen molar-refractivity contribution in [1.82, 2.24) is 9.97 Å². The lowest BCUT2D eigenvalue weighted by Gasteiger charge is -2.14. The number of anilines is 2. The fourth-order valence-corrected chi connectivity index (χ4v) is 2.60. The topological polar surface area (TPSA) is 111 Å². The van der Waals surface area contributed by atoms with Gasteiger partial charge in [0.25, 0.3) is 0 Å². The van der Waals surface area contributed by atoms with Crippen molar-refractivity contribution >= 4 is 23.4 Å². The van der Waals surface area contributed by atoms with Crippen molar-refractivity contribution in [3.05, 3.63) is 64.2 Å². The highest BCUT2D eigenvalue weighted by Crippen LogP contribution is 2.35. The first-order valence-corrected chi connectivity index (χ1v) is 7.96. The molecule has 4 N–H and O–H groups in total. The molecule has 1 aromatic heterocycles. The fourth-order valence-electron chi connectivity index (χ4n) is 2.42. The summed E-state index contributed by atoms with van der Waals surface area (Å²) in [6.45, 7) is -0.254. The Morgan fingerprint density at radius 2 is 1.89 bits per heavy atom. The highest BCUT2D eigenvalue weighted by atomic mass is 35.5. The number of hydrogen-bond acceptors (Lipinski definition) is 6. The van der Waals surface area contributed by atoms with E-state index in [4.69, 9.17) is 27.8 Å². The molecule has 0 amide bonds. The Morgan fingerprint density at radius 1 is 1.11 bits per heavy atom. The number of rotatable bonds is 4.